The van der Waals surface area contributed by atoms with Crippen molar-refractivity contribution in [1.82, 2.24) is 14.5 Å². The molecule has 32 heavy (non-hydrogen) atoms. The van der Waals surface area contributed by atoms with E-state index in [1.54, 1.807) is 6.07 Å². The van der Waals surface area contributed by atoms with Gasteiger partial charge in [-0.1, -0.05) is 30.1 Å². The smallest absolute Gasteiger partial charge is 0.140 e. The van der Waals surface area contributed by atoms with Gasteiger partial charge >= 0.3 is 0 Å². The van der Waals surface area contributed by atoms with Gasteiger partial charge in [-0.05, 0) is 61.7 Å². The van der Waals surface area contributed by atoms with Crippen LogP contribution in [0, 0.1) is 6.92 Å². The minimum absolute atomic E-state index is 0.112. The molecule has 2 aromatic carbocycles. The van der Waals surface area contributed by atoms with Crippen molar-refractivity contribution >= 4 is 23.2 Å². The maximum atomic E-state index is 10.1. The number of hydrogen-bond donors (Lipinski definition) is 1. The first-order valence-corrected chi connectivity index (χ1v) is 11.9. The number of nitrogens with zero attached hydrogens (tertiary/aromatic N) is 3. The molecule has 3 atom stereocenters. The highest BCUT2D eigenvalue weighted by Gasteiger charge is 2.41. The number of hydrogen-bond acceptors (Lipinski definition) is 4. The van der Waals surface area contributed by atoms with Gasteiger partial charge in [-0.25, -0.2) is 4.98 Å². The molecular weight excluding hydrogens is 445 g/mol. The van der Waals surface area contributed by atoms with E-state index in [1.165, 1.54) is 0 Å². The first-order valence-electron chi connectivity index (χ1n) is 11.1. The molecule has 0 saturated carbocycles. The van der Waals surface area contributed by atoms with Crippen molar-refractivity contribution in [3.63, 3.8) is 0 Å². The third kappa shape index (κ3) is 4.03. The molecule has 5 nitrogen and oxygen atoms in total. The summed E-state index contributed by atoms with van der Waals surface area (Å²) in [5.74, 6) is 1.83. The third-order valence-corrected chi connectivity index (χ3v) is 7.08. The van der Waals surface area contributed by atoms with E-state index in [4.69, 9.17) is 27.9 Å². The number of fused-ring (bicyclic) bond motifs is 1. The van der Waals surface area contributed by atoms with Gasteiger partial charge in [0.05, 0.1) is 17.8 Å². The lowest BCUT2D eigenvalue weighted by Gasteiger charge is -2.30. The van der Waals surface area contributed by atoms with Gasteiger partial charge in [0.2, 0.25) is 0 Å². The fourth-order valence-electron chi connectivity index (χ4n) is 5.00. The fourth-order valence-corrected chi connectivity index (χ4v) is 5.59. The van der Waals surface area contributed by atoms with Crippen LogP contribution in [0.3, 0.4) is 0 Å². The highest BCUT2D eigenvalue weighted by molar-refractivity contribution is 6.35. The number of ether oxygens (including phenoxy) is 1. The Morgan fingerprint density at radius 3 is 2.66 bits per heavy atom. The van der Waals surface area contributed by atoms with E-state index in [9.17, 15) is 5.11 Å². The molecule has 168 valence electrons. The molecule has 0 unspecified atom stereocenters. The highest BCUT2D eigenvalue weighted by atomic mass is 35.5. The highest BCUT2D eigenvalue weighted by Crippen LogP contribution is 2.43. The Morgan fingerprint density at radius 1 is 1.19 bits per heavy atom. The van der Waals surface area contributed by atoms with E-state index in [0.29, 0.717) is 16.6 Å². The number of rotatable bonds is 5. The first-order chi connectivity index (χ1) is 15.4. The van der Waals surface area contributed by atoms with E-state index in [-0.39, 0.29) is 18.2 Å². The molecule has 2 heterocycles. The van der Waals surface area contributed by atoms with E-state index < -0.39 is 0 Å². The molecule has 0 spiro atoms. The Bertz CT molecular complexity index is 1130. The van der Waals surface area contributed by atoms with Gasteiger partial charge in [0.25, 0.3) is 0 Å². The zero-order valence-corrected chi connectivity index (χ0v) is 19.8. The van der Waals surface area contributed by atoms with Gasteiger partial charge in [0.15, 0.2) is 0 Å². The number of aliphatic hydroxyl groups excluding tert-OH is 1. The number of β-amino-alcohol motifs (C(OH)–C–C–N with tert-alkyl or cyclic N) is 1. The van der Waals surface area contributed by atoms with Crippen molar-refractivity contribution in [2.24, 2.45) is 0 Å². The molecule has 7 heteroatoms. The molecule has 1 aliphatic heterocycles. The normalized spacial score (nSPS) is 23.0. The Morgan fingerprint density at radius 2 is 1.97 bits per heavy atom. The molecule has 2 aliphatic rings. The van der Waals surface area contributed by atoms with Crippen LogP contribution < -0.4 is 4.74 Å². The van der Waals surface area contributed by atoms with Gasteiger partial charge in [-0.15, -0.1) is 0 Å². The maximum absolute atomic E-state index is 10.1. The summed E-state index contributed by atoms with van der Waals surface area (Å²) < 4.78 is 8.68. The number of aryl methyl sites for hydroxylation is 2. The molecule has 1 N–H and O–H groups in total. The molecular formula is C25H27Cl2N3O2. The quantitative estimate of drug-likeness (QED) is 0.557. The summed E-state index contributed by atoms with van der Waals surface area (Å²) >= 11 is 12.9. The van der Waals surface area contributed by atoms with Crippen molar-refractivity contribution in [2.45, 2.75) is 51.4 Å². The lowest BCUT2D eigenvalue weighted by atomic mass is 10.1. The number of aromatic nitrogens is 2. The van der Waals surface area contributed by atoms with E-state index in [1.807, 2.05) is 25.1 Å². The van der Waals surface area contributed by atoms with Crippen LogP contribution in [0.5, 0.6) is 5.75 Å². The van der Waals surface area contributed by atoms with Crippen LogP contribution in [0.15, 0.2) is 42.6 Å². The second kappa shape index (κ2) is 8.71. The Labute approximate surface area is 198 Å². The molecule has 1 aromatic heterocycles. The molecule has 0 radical (unpaired) electrons. The second-order valence-electron chi connectivity index (χ2n) is 8.72. The SMILES string of the molecule is CCc1nc(C)cn1-c1ccc(O[C@H]2c3cc(Cl)cc(Cl)c3C[C@@H]2N2CC[C@@H](O)C2)cc1. The number of halogens is 2. The molecule has 0 bridgehead atoms. The predicted octanol–water partition coefficient (Wildman–Crippen LogP) is 5.16. The largest absolute Gasteiger partial charge is 0.484 e. The van der Waals surface area contributed by atoms with Crippen molar-refractivity contribution in [3.8, 4) is 11.4 Å². The Hall–Kier alpha value is -2.05. The van der Waals surface area contributed by atoms with Gasteiger partial charge < -0.3 is 14.4 Å². The van der Waals surface area contributed by atoms with Crippen molar-refractivity contribution < 1.29 is 9.84 Å². The minimum Gasteiger partial charge on any atom is -0.484 e. The lowest BCUT2D eigenvalue weighted by Crippen LogP contribution is -2.39. The Balaban J connectivity index is 1.44. The van der Waals surface area contributed by atoms with Crippen LogP contribution in [0.4, 0.5) is 0 Å². The lowest BCUT2D eigenvalue weighted by molar-refractivity contribution is 0.0818. The summed E-state index contributed by atoms with van der Waals surface area (Å²) in [6.07, 6.45) is 4.02. The first kappa shape index (κ1) is 21.8. The average molecular weight is 472 g/mol. The summed E-state index contributed by atoms with van der Waals surface area (Å²) in [7, 11) is 0. The third-order valence-electron chi connectivity index (χ3n) is 6.52. The molecule has 1 aliphatic carbocycles. The van der Waals surface area contributed by atoms with Crippen LogP contribution in [0.2, 0.25) is 10.0 Å². The zero-order valence-electron chi connectivity index (χ0n) is 18.3. The monoisotopic (exact) mass is 471 g/mol. The minimum atomic E-state index is -0.288. The van der Waals surface area contributed by atoms with Crippen molar-refractivity contribution in [3.05, 3.63) is 75.3 Å². The topological polar surface area (TPSA) is 50.5 Å². The molecule has 3 aromatic rings. The maximum Gasteiger partial charge on any atom is 0.140 e. The number of benzene rings is 2. The number of aliphatic hydroxyl groups is 1. The average Bonchev–Trinajstić information content (AvgIpc) is 3.46. The van der Waals surface area contributed by atoms with Crippen LogP contribution in [-0.4, -0.2) is 44.8 Å². The van der Waals surface area contributed by atoms with Crippen molar-refractivity contribution in [2.75, 3.05) is 13.1 Å². The summed E-state index contributed by atoms with van der Waals surface area (Å²) in [4.78, 5) is 6.91. The zero-order chi connectivity index (χ0) is 22.4. The van der Waals surface area contributed by atoms with Gasteiger partial charge in [0, 0.05) is 47.0 Å². The van der Waals surface area contributed by atoms with Crippen LogP contribution in [0.1, 0.15) is 42.1 Å². The predicted molar refractivity (Wildman–Crippen MR) is 127 cm³/mol. The van der Waals surface area contributed by atoms with Gasteiger partial charge in [0.1, 0.15) is 17.7 Å². The van der Waals surface area contributed by atoms with E-state index in [2.05, 4.69) is 39.7 Å². The van der Waals surface area contributed by atoms with Gasteiger partial charge in [-0.2, -0.15) is 0 Å². The van der Waals surface area contributed by atoms with Crippen molar-refractivity contribution in [1.29, 1.82) is 0 Å². The molecule has 1 fully saturated rings. The summed E-state index contributed by atoms with van der Waals surface area (Å²) in [5, 5.41) is 11.4. The molecule has 1 saturated heterocycles. The molecule has 0 amide bonds. The fraction of sp³-hybridized carbons (Fsp3) is 0.400. The van der Waals surface area contributed by atoms with Crippen LogP contribution in [-0.2, 0) is 12.8 Å². The number of imidazole rings is 1. The second-order valence-corrected chi connectivity index (χ2v) is 9.56. The van der Waals surface area contributed by atoms with E-state index >= 15 is 0 Å². The Kier molecular flexibility index (Phi) is 5.93. The van der Waals surface area contributed by atoms with Crippen LogP contribution in [0.25, 0.3) is 5.69 Å². The van der Waals surface area contributed by atoms with Crippen LogP contribution >= 0.6 is 23.2 Å². The number of likely N-dealkylation sites (tertiary alicyclic amines) is 1. The van der Waals surface area contributed by atoms with Gasteiger partial charge in [-0.3, -0.25) is 4.90 Å². The summed E-state index contributed by atoms with van der Waals surface area (Å²) in [6, 6.07) is 12.0. The molecule has 5 rings (SSSR count). The van der Waals surface area contributed by atoms with E-state index in [0.717, 1.165) is 59.9 Å². The summed E-state index contributed by atoms with van der Waals surface area (Å²) in [6.45, 7) is 5.63. The standard InChI is InChI=1S/C25H27Cl2N3O2/c1-3-24-28-15(2)13-30(24)17-4-6-19(7-5-17)32-25-21-10-16(26)11-22(27)20(21)12-23(25)29-9-8-18(31)14-29/h4-7,10-11,13,18,23,25,31H,3,8-9,12,14H2,1-2H3/t18-,23+,25+/m1/s1. The summed E-state index contributed by atoms with van der Waals surface area (Å²) in [5.41, 5.74) is 4.20.